The molecule has 2 N–H and O–H groups in total. The van der Waals surface area contributed by atoms with Gasteiger partial charge in [0.15, 0.2) is 5.96 Å². The molecular weight excluding hydrogens is 414 g/mol. The molecule has 0 atom stereocenters. The van der Waals surface area contributed by atoms with E-state index in [9.17, 15) is 4.39 Å². The van der Waals surface area contributed by atoms with Crippen LogP contribution >= 0.6 is 35.3 Å². The van der Waals surface area contributed by atoms with Gasteiger partial charge in [-0.05, 0) is 24.6 Å². The fourth-order valence-electron chi connectivity index (χ4n) is 1.86. The average Bonchev–Trinajstić information content (AvgIpc) is 2.88. The lowest BCUT2D eigenvalue weighted by Gasteiger charge is -2.11. The van der Waals surface area contributed by atoms with Crippen molar-refractivity contribution in [1.29, 1.82) is 0 Å². The molecule has 0 amide bonds. The van der Waals surface area contributed by atoms with Gasteiger partial charge in [0.05, 0.1) is 5.01 Å². The minimum Gasteiger partial charge on any atom is -0.356 e. The van der Waals surface area contributed by atoms with Crippen molar-refractivity contribution in [2.24, 2.45) is 4.99 Å². The number of aromatic nitrogens is 1. The number of hydrogen-bond donors (Lipinski definition) is 2. The van der Waals surface area contributed by atoms with Crippen molar-refractivity contribution < 1.29 is 4.39 Å². The summed E-state index contributed by atoms with van der Waals surface area (Å²) in [5.74, 6) is 0.476. The van der Waals surface area contributed by atoms with Gasteiger partial charge in [0.25, 0.3) is 0 Å². The number of benzene rings is 1. The third kappa shape index (κ3) is 6.27. The summed E-state index contributed by atoms with van der Waals surface area (Å²) in [6.07, 6.45) is 2.75. The molecule has 0 aliphatic heterocycles. The molecule has 4 nitrogen and oxygen atoms in total. The zero-order valence-electron chi connectivity index (χ0n) is 12.6. The molecule has 7 heteroatoms. The van der Waals surface area contributed by atoms with Crippen molar-refractivity contribution in [2.75, 3.05) is 13.6 Å². The van der Waals surface area contributed by atoms with E-state index in [1.807, 2.05) is 19.2 Å². The van der Waals surface area contributed by atoms with Crippen LogP contribution in [0.5, 0.6) is 0 Å². The van der Waals surface area contributed by atoms with Gasteiger partial charge in [-0.3, -0.25) is 4.99 Å². The Hall–Kier alpha value is -1.22. The molecule has 2 aromatic rings. The molecule has 0 fully saturated rings. The number of rotatable bonds is 5. The number of nitrogens with one attached hydrogen (secondary N) is 2. The monoisotopic (exact) mass is 434 g/mol. The van der Waals surface area contributed by atoms with E-state index >= 15 is 0 Å². The number of aliphatic imine (C=N–C) groups is 1. The number of nitrogens with zero attached hydrogens (tertiary/aromatic N) is 2. The van der Waals surface area contributed by atoms with Crippen LogP contribution in [0.1, 0.15) is 15.4 Å². The molecule has 0 unspecified atom stereocenters. The highest BCUT2D eigenvalue weighted by atomic mass is 127. The Bertz CT molecular complexity index is 615. The van der Waals surface area contributed by atoms with Crippen LogP contribution in [-0.2, 0) is 13.0 Å². The van der Waals surface area contributed by atoms with Gasteiger partial charge in [-0.25, -0.2) is 9.37 Å². The lowest BCUT2D eigenvalue weighted by molar-refractivity contribution is 0.624. The van der Waals surface area contributed by atoms with Gasteiger partial charge < -0.3 is 10.6 Å². The van der Waals surface area contributed by atoms with Gasteiger partial charge in [0.2, 0.25) is 0 Å². The van der Waals surface area contributed by atoms with Gasteiger partial charge in [-0.2, -0.15) is 0 Å². The van der Waals surface area contributed by atoms with Crippen molar-refractivity contribution >= 4 is 41.3 Å². The first-order chi connectivity index (χ1) is 10.2. The van der Waals surface area contributed by atoms with Crippen LogP contribution in [0.4, 0.5) is 4.39 Å². The molecule has 22 heavy (non-hydrogen) atoms. The van der Waals surface area contributed by atoms with Crippen molar-refractivity contribution in [3.05, 3.63) is 51.7 Å². The molecule has 0 bridgehead atoms. The van der Waals surface area contributed by atoms with E-state index in [2.05, 4.69) is 20.6 Å². The first-order valence-corrected chi connectivity index (χ1v) is 7.59. The number of thiazole rings is 1. The summed E-state index contributed by atoms with van der Waals surface area (Å²) in [4.78, 5) is 9.68. The van der Waals surface area contributed by atoms with Gasteiger partial charge in [0.1, 0.15) is 5.82 Å². The van der Waals surface area contributed by atoms with Crippen LogP contribution in [-0.4, -0.2) is 24.5 Å². The van der Waals surface area contributed by atoms with E-state index < -0.39 is 0 Å². The standard InChI is InChI=1S/C15H19FN4S.HI/c1-11-9-19-14(21-11)6-7-18-15(17-2)20-10-12-4-3-5-13(16)8-12;/h3-5,8-9H,6-7,10H2,1-2H3,(H2,17,18,20);1H. The summed E-state index contributed by atoms with van der Waals surface area (Å²) < 4.78 is 13.1. The summed E-state index contributed by atoms with van der Waals surface area (Å²) in [5, 5.41) is 7.50. The highest BCUT2D eigenvalue weighted by Crippen LogP contribution is 2.10. The molecule has 1 heterocycles. The van der Waals surface area contributed by atoms with Crippen molar-refractivity contribution in [3.63, 3.8) is 0 Å². The number of guanidine groups is 1. The maximum atomic E-state index is 13.1. The van der Waals surface area contributed by atoms with Crippen LogP contribution in [0.3, 0.4) is 0 Å². The van der Waals surface area contributed by atoms with Gasteiger partial charge >= 0.3 is 0 Å². The second-order valence-electron chi connectivity index (χ2n) is 4.60. The lowest BCUT2D eigenvalue weighted by atomic mass is 10.2. The van der Waals surface area contributed by atoms with Crippen LogP contribution in [0.2, 0.25) is 0 Å². The summed E-state index contributed by atoms with van der Waals surface area (Å²) in [6.45, 7) is 3.34. The average molecular weight is 434 g/mol. The fraction of sp³-hybridized carbons (Fsp3) is 0.333. The molecule has 1 aromatic heterocycles. The smallest absolute Gasteiger partial charge is 0.191 e. The molecule has 0 spiro atoms. The van der Waals surface area contributed by atoms with Gasteiger partial charge in [-0.1, -0.05) is 12.1 Å². The van der Waals surface area contributed by atoms with E-state index in [-0.39, 0.29) is 29.8 Å². The van der Waals surface area contributed by atoms with Crippen molar-refractivity contribution in [2.45, 2.75) is 19.9 Å². The summed E-state index contributed by atoms with van der Waals surface area (Å²) >= 11 is 1.71. The second kappa shape index (κ2) is 9.73. The first-order valence-electron chi connectivity index (χ1n) is 6.77. The van der Waals surface area contributed by atoms with Crippen LogP contribution < -0.4 is 10.6 Å². The van der Waals surface area contributed by atoms with E-state index in [0.717, 1.165) is 23.5 Å². The van der Waals surface area contributed by atoms with Gasteiger partial charge in [-0.15, -0.1) is 35.3 Å². The van der Waals surface area contributed by atoms with Crippen LogP contribution in [0, 0.1) is 12.7 Å². The Balaban J connectivity index is 0.00000242. The molecule has 0 saturated carbocycles. The molecular formula is C15H20FIN4S. The van der Waals surface area contributed by atoms with Crippen LogP contribution in [0.25, 0.3) is 0 Å². The molecule has 0 radical (unpaired) electrons. The molecule has 1 aromatic carbocycles. The molecule has 0 aliphatic carbocycles. The van der Waals surface area contributed by atoms with E-state index in [0.29, 0.717) is 12.5 Å². The zero-order chi connectivity index (χ0) is 15.1. The minimum absolute atomic E-state index is 0. The molecule has 120 valence electrons. The highest BCUT2D eigenvalue weighted by molar-refractivity contribution is 14.0. The largest absolute Gasteiger partial charge is 0.356 e. The zero-order valence-corrected chi connectivity index (χ0v) is 15.7. The van der Waals surface area contributed by atoms with E-state index in [4.69, 9.17) is 0 Å². The quantitative estimate of drug-likeness (QED) is 0.432. The van der Waals surface area contributed by atoms with Crippen LogP contribution in [0.15, 0.2) is 35.5 Å². The molecule has 0 saturated heterocycles. The number of aryl methyl sites for hydroxylation is 1. The second-order valence-corrected chi connectivity index (χ2v) is 5.92. The number of halogens is 2. The van der Waals surface area contributed by atoms with Crippen molar-refractivity contribution in [3.8, 4) is 0 Å². The molecule has 2 rings (SSSR count). The Morgan fingerprint density at radius 1 is 1.36 bits per heavy atom. The third-order valence-corrected chi connectivity index (χ3v) is 3.85. The SMILES string of the molecule is CN=C(NCCc1ncc(C)s1)NCc1cccc(F)c1.I. The Labute approximate surface area is 151 Å². The lowest BCUT2D eigenvalue weighted by Crippen LogP contribution is -2.37. The number of hydrogen-bond acceptors (Lipinski definition) is 3. The Morgan fingerprint density at radius 3 is 2.82 bits per heavy atom. The predicted octanol–water partition coefficient (Wildman–Crippen LogP) is 3.12. The fourth-order valence-corrected chi connectivity index (χ4v) is 2.64. The first kappa shape index (κ1) is 18.8. The van der Waals surface area contributed by atoms with E-state index in [1.54, 1.807) is 24.5 Å². The summed E-state index contributed by atoms with van der Waals surface area (Å²) in [5.41, 5.74) is 0.883. The van der Waals surface area contributed by atoms with Gasteiger partial charge in [0, 0.05) is 37.6 Å². The Kier molecular flexibility index (Phi) is 8.32. The summed E-state index contributed by atoms with van der Waals surface area (Å²) in [7, 11) is 1.72. The maximum absolute atomic E-state index is 13.1. The normalized spacial score (nSPS) is 11.0. The maximum Gasteiger partial charge on any atom is 0.191 e. The predicted molar refractivity (Wildman–Crippen MR) is 101 cm³/mol. The van der Waals surface area contributed by atoms with Crippen molar-refractivity contribution in [1.82, 2.24) is 15.6 Å². The Morgan fingerprint density at radius 2 is 2.18 bits per heavy atom. The minimum atomic E-state index is -0.226. The highest BCUT2D eigenvalue weighted by Gasteiger charge is 2.01. The van der Waals surface area contributed by atoms with E-state index in [1.165, 1.54) is 17.0 Å². The molecule has 0 aliphatic rings. The third-order valence-electron chi connectivity index (χ3n) is 2.87. The summed E-state index contributed by atoms with van der Waals surface area (Å²) in [6, 6.07) is 6.53. The topological polar surface area (TPSA) is 49.3 Å².